The Balaban J connectivity index is 2.36. The van der Waals surface area contributed by atoms with Crippen molar-refractivity contribution in [3.8, 4) is 0 Å². The summed E-state index contributed by atoms with van der Waals surface area (Å²) in [5, 5.41) is 3.81. The molecular formula is C13H17N3O3S. The van der Waals surface area contributed by atoms with Crippen LogP contribution in [0.5, 0.6) is 0 Å². The molecule has 108 valence electrons. The van der Waals surface area contributed by atoms with Gasteiger partial charge in [-0.05, 0) is 37.1 Å². The molecule has 2 aromatic rings. The van der Waals surface area contributed by atoms with Crippen LogP contribution in [0.3, 0.4) is 0 Å². The van der Waals surface area contributed by atoms with Crippen molar-refractivity contribution < 1.29 is 12.9 Å². The summed E-state index contributed by atoms with van der Waals surface area (Å²) in [4.78, 5) is 0.121. The maximum atomic E-state index is 12.3. The van der Waals surface area contributed by atoms with Gasteiger partial charge in [0, 0.05) is 11.3 Å². The third kappa shape index (κ3) is 2.77. The lowest BCUT2D eigenvalue weighted by Crippen LogP contribution is -2.14. The lowest BCUT2D eigenvalue weighted by atomic mass is 10.0. The van der Waals surface area contributed by atoms with Gasteiger partial charge in [0.15, 0.2) is 0 Å². The largest absolute Gasteiger partial charge is 0.399 e. The Morgan fingerprint density at radius 1 is 1.25 bits per heavy atom. The van der Waals surface area contributed by atoms with Gasteiger partial charge in [0.2, 0.25) is 5.88 Å². The highest BCUT2D eigenvalue weighted by Crippen LogP contribution is 2.29. The van der Waals surface area contributed by atoms with Crippen LogP contribution >= 0.6 is 0 Å². The minimum Gasteiger partial charge on any atom is -0.399 e. The van der Waals surface area contributed by atoms with E-state index in [1.807, 2.05) is 13.8 Å². The van der Waals surface area contributed by atoms with Gasteiger partial charge in [-0.25, -0.2) is 13.1 Å². The Kier molecular flexibility index (Phi) is 3.71. The molecule has 0 amide bonds. The van der Waals surface area contributed by atoms with Crippen LogP contribution in [0.1, 0.15) is 31.0 Å². The second kappa shape index (κ2) is 5.16. The predicted octanol–water partition coefficient (Wildman–Crippen LogP) is 2.49. The molecule has 7 heteroatoms. The van der Waals surface area contributed by atoms with Gasteiger partial charge < -0.3 is 10.3 Å². The number of aryl methyl sites for hydroxylation is 1. The SMILES string of the molecule is Cc1noc(NS(=O)(=O)c2ccc(N)cc2)c1C(C)C. The number of nitrogens with one attached hydrogen (secondary N) is 1. The second-order valence-electron chi connectivity index (χ2n) is 4.84. The summed E-state index contributed by atoms with van der Waals surface area (Å²) in [6.07, 6.45) is 0. The first-order chi connectivity index (χ1) is 9.31. The van der Waals surface area contributed by atoms with E-state index >= 15 is 0 Å². The van der Waals surface area contributed by atoms with E-state index in [1.54, 1.807) is 6.92 Å². The third-order valence-corrected chi connectivity index (χ3v) is 4.25. The van der Waals surface area contributed by atoms with Crippen LogP contribution in [0, 0.1) is 6.92 Å². The summed E-state index contributed by atoms with van der Waals surface area (Å²) in [5.74, 6) is 0.264. The van der Waals surface area contributed by atoms with Gasteiger partial charge in [-0.1, -0.05) is 19.0 Å². The maximum Gasteiger partial charge on any atom is 0.264 e. The smallest absolute Gasteiger partial charge is 0.264 e. The van der Waals surface area contributed by atoms with Crippen LogP contribution in [0.25, 0.3) is 0 Å². The quantitative estimate of drug-likeness (QED) is 0.844. The number of rotatable bonds is 4. The summed E-state index contributed by atoms with van der Waals surface area (Å²) in [6.45, 7) is 5.67. The van der Waals surface area contributed by atoms with Crippen LogP contribution in [0.2, 0.25) is 0 Å². The standard InChI is InChI=1S/C13H17N3O3S/c1-8(2)12-9(3)15-19-13(12)16-20(17,18)11-6-4-10(14)5-7-11/h4-8,16H,14H2,1-3H3. The lowest BCUT2D eigenvalue weighted by Gasteiger charge is -2.09. The predicted molar refractivity (Wildman–Crippen MR) is 77.0 cm³/mol. The first-order valence-corrected chi connectivity index (χ1v) is 7.64. The number of anilines is 2. The van der Waals surface area contributed by atoms with Crippen LogP contribution < -0.4 is 10.5 Å². The first-order valence-electron chi connectivity index (χ1n) is 6.16. The Hall–Kier alpha value is -2.02. The minimum absolute atomic E-state index is 0.102. The highest BCUT2D eigenvalue weighted by Gasteiger charge is 2.22. The average Bonchev–Trinajstić information content (AvgIpc) is 2.70. The number of hydrogen-bond acceptors (Lipinski definition) is 5. The normalized spacial score (nSPS) is 11.8. The molecule has 0 atom stereocenters. The highest BCUT2D eigenvalue weighted by atomic mass is 32.2. The third-order valence-electron chi connectivity index (χ3n) is 2.90. The van der Waals surface area contributed by atoms with Crippen LogP contribution in [0.4, 0.5) is 11.6 Å². The Morgan fingerprint density at radius 2 is 1.85 bits per heavy atom. The van der Waals surface area contributed by atoms with Gasteiger partial charge in [0.05, 0.1) is 10.6 Å². The van der Waals surface area contributed by atoms with E-state index in [0.717, 1.165) is 5.56 Å². The van der Waals surface area contributed by atoms with E-state index < -0.39 is 10.0 Å². The van der Waals surface area contributed by atoms with Crippen LogP contribution in [-0.2, 0) is 10.0 Å². The zero-order chi connectivity index (χ0) is 14.9. The fraction of sp³-hybridized carbons (Fsp3) is 0.308. The van der Waals surface area contributed by atoms with E-state index in [9.17, 15) is 8.42 Å². The molecule has 0 aliphatic carbocycles. The fourth-order valence-electron chi connectivity index (χ4n) is 1.96. The molecule has 0 bridgehead atoms. The molecule has 0 radical (unpaired) electrons. The summed E-state index contributed by atoms with van der Waals surface area (Å²) in [7, 11) is -3.71. The number of nitrogens with two attached hydrogens (primary N) is 1. The van der Waals surface area contributed by atoms with E-state index in [4.69, 9.17) is 10.3 Å². The molecule has 0 spiro atoms. The van der Waals surface area contributed by atoms with Crippen molar-refractivity contribution in [2.24, 2.45) is 0 Å². The zero-order valence-corrected chi connectivity index (χ0v) is 12.4. The van der Waals surface area contributed by atoms with E-state index in [2.05, 4.69) is 9.88 Å². The Labute approximate surface area is 118 Å². The summed E-state index contributed by atoms with van der Waals surface area (Å²) in [5.41, 5.74) is 7.48. The number of aromatic nitrogens is 1. The van der Waals surface area contributed by atoms with Gasteiger partial charge in [-0.3, -0.25) is 0 Å². The monoisotopic (exact) mass is 295 g/mol. The van der Waals surface area contributed by atoms with Crippen molar-refractivity contribution in [2.45, 2.75) is 31.6 Å². The molecule has 0 fully saturated rings. The molecule has 6 nitrogen and oxygen atoms in total. The lowest BCUT2D eigenvalue weighted by molar-refractivity contribution is 0.430. The number of hydrogen-bond donors (Lipinski definition) is 2. The Bertz CT molecular complexity index is 703. The van der Waals surface area contributed by atoms with Crippen molar-refractivity contribution in [2.75, 3.05) is 10.5 Å². The van der Waals surface area contributed by atoms with E-state index in [0.29, 0.717) is 11.4 Å². The molecule has 2 rings (SSSR count). The summed E-state index contributed by atoms with van der Waals surface area (Å²) in [6, 6.07) is 5.94. The fourth-order valence-corrected chi connectivity index (χ4v) is 2.96. The molecular weight excluding hydrogens is 278 g/mol. The van der Waals surface area contributed by atoms with Crippen molar-refractivity contribution >= 4 is 21.6 Å². The number of nitrogen functional groups attached to an aromatic ring is 1. The number of nitrogens with zero attached hydrogens (tertiary/aromatic N) is 1. The van der Waals surface area contributed by atoms with Crippen LogP contribution in [-0.4, -0.2) is 13.6 Å². The van der Waals surface area contributed by atoms with Crippen molar-refractivity contribution in [3.63, 3.8) is 0 Å². The average molecular weight is 295 g/mol. The molecule has 1 aromatic carbocycles. The van der Waals surface area contributed by atoms with Gasteiger partial charge in [-0.2, -0.15) is 0 Å². The molecule has 0 unspecified atom stereocenters. The Morgan fingerprint density at radius 3 is 2.40 bits per heavy atom. The molecule has 0 saturated carbocycles. The van der Waals surface area contributed by atoms with E-state index in [1.165, 1.54) is 24.3 Å². The van der Waals surface area contributed by atoms with Crippen molar-refractivity contribution in [3.05, 3.63) is 35.5 Å². The topological polar surface area (TPSA) is 98.2 Å². The van der Waals surface area contributed by atoms with Gasteiger partial charge in [0.25, 0.3) is 10.0 Å². The second-order valence-corrected chi connectivity index (χ2v) is 6.52. The first kappa shape index (κ1) is 14.4. The summed E-state index contributed by atoms with van der Waals surface area (Å²) >= 11 is 0. The molecule has 20 heavy (non-hydrogen) atoms. The zero-order valence-electron chi connectivity index (χ0n) is 11.5. The molecule has 1 aromatic heterocycles. The van der Waals surface area contributed by atoms with Crippen LogP contribution in [0.15, 0.2) is 33.7 Å². The van der Waals surface area contributed by atoms with E-state index in [-0.39, 0.29) is 16.7 Å². The van der Waals surface area contributed by atoms with Gasteiger partial charge in [-0.15, -0.1) is 0 Å². The number of benzene rings is 1. The molecule has 0 aliphatic rings. The molecule has 3 N–H and O–H groups in total. The van der Waals surface area contributed by atoms with Crippen molar-refractivity contribution in [1.29, 1.82) is 0 Å². The molecule has 0 saturated heterocycles. The molecule has 1 heterocycles. The molecule has 0 aliphatic heterocycles. The maximum absolute atomic E-state index is 12.3. The highest BCUT2D eigenvalue weighted by molar-refractivity contribution is 7.92. The summed E-state index contributed by atoms with van der Waals surface area (Å²) < 4.78 is 32.0. The van der Waals surface area contributed by atoms with Gasteiger partial charge in [0.1, 0.15) is 0 Å². The number of sulfonamides is 1. The van der Waals surface area contributed by atoms with Gasteiger partial charge >= 0.3 is 0 Å². The van der Waals surface area contributed by atoms with Crippen molar-refractivity contribution in [1.82, 2.24) is 5.16 Å². The minimum atomic E-state index is -3.71.